The van der Waals surface area contributed by atoms with Gasteiger partial charge in [-0.3, -0.25) is 0 Å². The fourth-order valence-corrected chi connectivity index (χ4v) is 3.13. The molecule has 1 aromatic heterocycles. The minimum absolute atomic E-state index is 0.200. The van der Waals surface area contributed by atoms with Crippen molar-refractivity contribution in [2.45, 2.75) is 38.9 Å². The van der Waals surface area contributed by atoms with Crippen LogP contribution in [0.15, 0.2) is 29.0 Å². The van der Waals surface area contributed by atoms with Gasteiger partial charge in [-0.15, -0.1) is 10.2 Å². The molecule has 2 heterocycles. The molecule has 0 saturated carbocycles. The van der Waals surface area contributed by atoms with Crippen LogP contribution in [-0.4, -0.2) is 27.4 Å². The summed E-state index contributed by atoms with van der Waals surface area (Å²) in [4.78, 5) is 2.37. The van der Waals surface area contributed by atoms with Gasteiger partial charge in [0, 0.05) is 29.3 Å². The van der Waals surface area contributed by atoms with Crippen molar-refractivity contribution in [2.24, 2.45) is 5.73 Å². The molecule has 0 fully saturated rings. The average Bonchev–Trinajstić information content (AvgIpc) is 2.94. The third-order valence-corrected chi connectivity index (χ3v) is 4.52. The maximum Gasteiger partial charge on any atom is 0.152 e. The highest BCUT2D eigenvalue weighted by atomic mass is 79.9. The molecule has 0 bridgehead atoms. The van der Waals surface area contributed by atoms with Crippen LogP contribution in [0.3, 0.4) is 0 Å². The summed E-state index contributed by atoms with van der Waals surface area (Å²) in [6.45, 7) is 4.83. The van der Waals surface area contributed by atoms with E-state index in [1.54, 1.807) is 0 Å². The van der Waals surface area contributed by atoms with Crippen LogP contribution in [0.2, 0.25) is 0 Å². The lowest BCUT2D eigenvalue weighted by molar-refractivity contribution is 0.556. The van der Waals surface area contributed by atoms with E-state index in [1.807, 2.05) is 6.33 Å². The molecule has 21 heavy (non-hydrogen) atoms. The zero-order valence-electron chi connectivity index (χ0n) is 12.2. The number of benzene rings is 1. The van der Waals surface area contributed by atoms with Gasteiger partial charge in [0.05, 0.1) is 6.54 Å². The molecule has 0 saturated heterocycles. The number of aromatic nitrogens is 3. The van der Waals surface area contributed by atoms with Gasteiger partial charge in [-0.25, -0.2) is 0 Å². The molecule has 1 aliphatic rings. The Morgan fingerprint density at radius 1 is 1.38 bits per heavy atom. The van der Waals surface area contributed by atoms with Gasteiger partial charge >= 0.3 is 0 Å². The Bertz CT molecular complexity index is 624. The molecule has 1 aliphatic heterocycles. The SMILES string of the molecule is CCC(N)Cc1cc(Br)ccc1N1CCn2cnnc2C1. The number of hydrogen-bond donors (Lipinski definition) is 1. The fourth-order valence-electron chi connectivity index (χ4n) is 2.72. The molecule has 0 amide bonds. The number of anilines is 1. The second kappa shape index (κ2) is 6.15. The Hall–Kier alpha value is -1.40. The highest BCUT2D eigenvalue weighted by Gasteiger charge is 2.20. The van der Waals surface area contributed by atoms with Crippen molar-refractivity contribution < 1.29 is 0 Å². The van der Waals surface area contributed by atoms with Crippen LogP contribution in [0.25, 0.3) is 0 Å². The van der Waals surface area contributed by atoms with Crippen molar-refractivity contribution in [3.8, 4) is 0 Å². The first-order valence-electron chi connectivity index (χ1n) is 7.33. The van der Waals surface area contributed by atoms with Gasteiger partial charge in [-0.05, 0) is 36.6 Å². The maximum absolute atomic E-state index is 6.15. The van der Waals surface area contributed by atoms with Crippen molar-refractivity contribution in [3.63, 3.8) is 0 Å². The predicted octanol–water partition coefficient (Wildman–Crippen LogP) is 2.34. The Morgan fingerprint density at radius 3 is 3.05 bits per heavy atom. The molecule has 6 heteroatoms. The lowest BCUT2D eigenvalue weighted by Gasteiger charge is -2.31. The number of rotatable bonds is 4. The highest BCUT2D eigenvalue weighted by molar-refractivity contribution is 9.10. The summed E-state index contributed by atoms with van der Waals surface area (Å²) in [6.07, 6.45) is 3.69. The van der Waals surface area contributed by atoms with Gasteiger partial charge in [0.2, 0.25) is 0 Å². The molecule has 112 valence electrons. The van der Waals surface area contributed by atoms with E-state index < -0.39 is 0 Å². The largest absolute Gasteiger partial charge is 0.362 e. The van der Waals surface area contributed by atoms with E-state index in [0.717, 1.165) is 42.8 Å². The van der Waals surface area contributed by atoms with Gasteiger partial charge in [0.1, 0.15) is 6.33 Å². The molecule has 3 rings (SSSR count). The second-order valence-electron chi connectivity index (χ2n) is 5.51. The number of fused-ring (bicyclic) bond motifs is 1. The molecular formula is C15H20BrN5. The van der Waals surface area contributed by atoms with Crippen LogP contribution in [0.5, 0.6) is 0 Å². The van der Waals surface area contributed by atoms with E-state index >= 15 is 0 Å². The second-order valence-corrected chi connectivity index (χ2v) is 6.42. The van der Waals surface area contributed by atoms with E-state index in [1.165, 1.54) is 11.3 Å². The third-order valence-electron chi connectivity index (χ3n) is 4.03. The summed E-state index contributed by atoms with van der Waals surface area (Å²) in [5.74, 6) is 1.02. The summed E-state index contributed by atoms with van der Waals surface area (Å²) in [6, 6.07) is 6.65. The Kier molecular flexibility index (Phi) is 4.26. The summed E-state index contributed by atoms with van der Waals surface area (Å²) >= 11 is 3.57. The summed E-state index contributed by atoms with van der Waals surface area (Å²) in [5.41, 5.74) is 8.71. The monoisotopic (exact) mass is 349 g/mol. The molecule has 1 unspecified atom stereocenters. The van der Waals surface area contributed by atoms with Gasteiger partial charge in [0.15, 0.2) is 5.82 Å². The molecule has 0 spiro atoms. The molecule has 0 radical (unpaired) electrons. The Balaban J connectivity index is 1.88. The maximum atomic E-state index is 6.15. The normalized spacial score (nSPS) is 15.9. The predicted molar refractivity (Wildman–Crippen MR) is 87.2 cm³/mol. The first-order chi connectivity index (χ1) is 10.2. The Labute approximate surface area is 133 Å². The minimum Gasteiger partial charge on any atom is -0.362 e. The van der Waals surface area contributed by atoms with E-state index in [0.29, 0.717) is 0 Å². The summed E-state index contributed by atoms with van der Waals surface area (Å²) in [7, 11) is 0. The standard InChI is InChI=1S/C15H20BrN5/c1-2-13(17)8-11-7-12(16)3-4-14(11)20-5-6-21-10-18-19-15(21)9-20/h3-4,7,10,13H,2,5-6,8-9,17H2,1H3. The number of nitrogens with zero attached hydrogens (tertiary/aromatic N) is 4. The average molecular weight is 350 g/mol. The van der Waals surface area contributed by atoms with Crippen LogP contribution in [0.1, 0.15) is 24.7 Å². The molecule has 5 nitrogen and oxygen atoms in total. The molecule has 2 N–H and O–H groups in total. The molecule has 1 aromatic carbocycles. The number of nitrogens with two attached hydrogens (primary N) is 1. The van der Waals surface area contributed by atoms with Gasteiger partial charge in [-0.1, -0.05) is 22.9 Å². The first kappa shape index (κ1) is 14.5. The lowest BCUT2D eigenvalue weighted by Crippen LogP contribution is -2.34. The smallest absolute Gasteiger partial charge is 0.152 e. The van der Waals surface area contributed by atoms with Crippen LogP contribution >= 0.6 is 15.9 Å². The van der Waals surface area contributed by atoms with Crippen molar-refractivity contribution in [2.75, 3.05) is 11.4 Å². The highest BCUT2D eigenvalue weighted by Crippen LogP contribution is 2.28. The van der Waals surface area contributed by atoms with E-state index in [9.17, 15) is 0 Å². The van der Waals surface area contributed by atoms with Crippen LogP contribution < -0.4 is 10.6 Å². The molecule has 1 atom stereocenters. The summed E-state index contributed by atoms with van der Waals surface area (Å²) < 4.78 is 3.22. The topological polar surface area (TPSA) is 60.0 Å². The number of hydrogen-bond acceptors (Lipinski definition) is 4. The molecule has 0 aliphatic carbocycles. The van der Waals surface area contributed by atoms with Crippen LogP contribution in [-0.2, 0) is 19.5 Å². The minimum atomic E-state index is 0.200. The van der Waals surface area contributed by atoms with Gasteiger partial charge < -0.3 is 15.2 Å². The van der Waals surface area contributed by atoms with Crippen LogP contribution in [0, 0.1) is 0 Å². The fraction of sp³-hybridized carbons (Fsp3) is 0.467. The molecule has 2 aromatic rings. The van der Waals surface area contributed by atoms with E-state index in [-0.39, 0.29) is 6.04 Å². The Morgan fingerprint density at radius 2 is 2.24 bits per heavy atom. The first-order valence-corrected chi connectivity index (χ1v) is 8.12. The lowest BCUT2D eigenvalue weighted by atomic mass is 10.0. The zero-order valence-corrected chi connectivity index (χ0v) is 13.8. The number of halogens is 1. The van der Waals surface area contributed by atoms with Crippen molar-refractivity contribution in [1.29, 1.82) is 0 Å². The van der Waals surface area contributed by atoms with E-state index in [2.05, 4.69) is 60.7 Å². The van der Waals surface area contributed by atoms with Crippen molar-refractivity contribution in [3.05, 3.63) is 40.4 Å². The zero-order chi connectivity index (χ0) is 14.8. The van der Waals surface area contributed by atoms with Gasteiger partial charge in [-0.2, -0.15) is 0 Å². The van der Waals surface area contributed by atoms with Crippen molar-refractivity contribution in [1.82, 2.24) is 14.8 Å². The van der Waals surface area contributed by atoms with Gasteiger partial charge in [0.25, 0.3) is 0 Å². The van der Waals surface area contributed by atoms with Crippen molar-refractivity contribution >= 4 is 21.6 Å². The van der Waals surface area contributed by atoms with Crippen LogP contribution in [0.4, 0.5) is 5.69 Å². The molecular weight excluding hydrogens is 330 g/mol. The third kappa shape index (κ3) is 3.11. The van der Waals surface area contributed by atoms with E-state index in [4.69, 9.17) is 5.73 Å². The quantitative estimate of drug-likeness (QED) is 0.920. The summed E-state index contributed by atoms with van der Waals surface area (Å²) in [5, 5.41) is 8.18.